The zero-order valence-corrected chi connectivity index (χ0v) is 8.38. The number of rotatable bonds is 5. The highest BCUT2D eigenvalue weighted by atomic mass is 16.1. The molecule has 2 unspecified atom stereocenters. The molecule has 0 aliphatic heterocycles. The topological polar surface area (TPSA) is 55.1 Å². The minimum Gasteiger partial charge on any atom is -0.370 e. The van der Waals surface area contributed by atoms with Gasteiger partial charge in [0.1, 0.15) is 0 Å². The maximum absolute atomic E-state index is 10.5. The first-order valence-corrected chi connectivity index (χ1v) is 5.22. The number of nitrogens with two attached hydrogens (primary N) is 1. The van der Waals surface area contributed by atoms with Crippen molar-refractivity contribution in [3.05, 3.63) is 0 Å². The first kappa shape index (κ1) is 10.5. The summed E-state index contributed by atoms with van der Waals surface area (Å²) < 4.78 is 0. The molecular formula is C10H20N2O. The van der Waals surface area contributed by atoms with E-state index in [1.54, 1.807) is 0 Å². The minimum absolute atomic E-state index is 0.193. The van der Waals surface area contributed by atoms with Gasteiger partial charge in [0.2, 0.25) is 5.91 Å². The van der Waals surface area contributed by atoms with E-state index in [1.807, 2.05) is 0 Å². The lowest BCUT2D eigenvalue weighted by Gasteiger charge is -2.16. The molecule has 0 saturated heterocycles. The maximum atomic E-state index is 10.5. The lowest BCUT2D eigenvalue weighted by molar-refractivity contribution is -0.118. The highest BCUT2D eigenvalue weighted by Crippen LogP contribution is 2.24. The van der Waals surface area contributed by atoms with Crippen LogP contribution in [0, 0.1) is 5.92 Å². The van der Waals surface area contributed by atoms with Crippen LogP contribution in [0.3, 0.4) is 0 Å². The van der Waals surface area contributed by atoms with E-state index in [9.17, 15) is 4.79 Å². The summed E-state index contributed by atoms with van der Waals surface area (Å²) in [5.74, 6) is 0.606. The average molecular weight is 184 g/mol. The van der Waals surface area contributed by atoms with Crippen molar-refractivity contribution in [1.29, 1.82) is 0 Å². The smallest absolute Gasteiger partial charge is 0.217 e. The monoisotopic (exact) mass is 184 g/mol. The van der Waals surface area contributed by atoms with Gasteiger partial charge >= 0.3 is 0 Å². The molecule has 3 heteroatoms. The molecule has 76 valence electrons. The van der Waals surface area contributed by atoms with Crippen LogP contribution in [0.4, 0.5) is 0 Å². The number of carbonyl (C=O) groups is 1. The van der Waals surface area contributed by atoms with Gasteiger partial charge in [-0.15, -0.1) is 0 Å². The molecule has 3 N–H and O–H groups in total. The minimum atomic E-state index is -0.193. The Morgan fingerprint density at radius 1 is 1.54 bits per heavy atom. The molecule has 1 amide bonds. The van der Waals surface area contributed by atoms with Crippen molar-refractivity contribution >= 4 is 5.91 Å². The summed E-state index contributed by atoms with van der Waals surface area (Å²) in [6.07, 6.45) is 5.35. The van der Waals surface area contributed by atoms with E-state index in [2.05, 4.69) is 12.2 Å². The van der Waals surface area contributed by atoms with Gasteiger partial charge in [-0.2, -0.15) is 0 Å². The molecule has 1 aliphatic carbocycles. The Hall–Kier alpha value is -0.570. The summed E-state index contributed by atoms with van der Waals surface area (Å²) in [6, 6.07) is 0.674. The third-order valence-corrected chi connectivity index (χ3v) is 2.87. The Balaban J connectivity index is 2.02. The first-order chi connectivity index (χ1) is 6.20. The zero-order chi connectivity index (χ0) is 9.68. The van der Waals surface area contributed by atoms with Gasteiger partial charge < -0.3 is 11.1 Å². The molecule has 0 bridgehead atoms. The van der Waals surface area contributed by atoms with Crippen molar-refractivity contribution in [2.45, 2.75) is 45.1 Å². The van der Waals surface area contributed by atoms with Crippen molar-refractivity contribution in [2.24, 2.45) is 11.7 Å². The summed E-state index contributed by atoms with van der Waals surface area (Å²) in [6.45, 7) is 3.22. The highest BCUT2D eigenvalue weighted by molar-refractivity contribution is 5.73. The van der Waals surface area contributed by atoms with Crippen LogP contribution in [0.2, 0.25) is 0 Å². The van der Waals surface area contributed by atoms with E-state index in [-0.39, 0.29) is 5.91 Å². The molecule has 1 fully saturated rings. The summed E-state index contributed by atoms with van der Waals surface area (Å²) in [7, 11) is 0. The third-order valence-electron chi connectivity index (χ3n) is 2.87. The number of primary amides is 1. The molecule has 1 saturated carbocycles. The lowest BCUT2D eigenvalue weighted by Crippen LogP contribution is -2.32. The van der Waals surface area contributed by atoms with Crippen LogP contribution in [-0.4, -0.2) is 18.5 Å². The first-order valence-electron chi connectivity index (χ1n) is 5.22. The number of hydrogen-bond acceptors (Lipinski definition) is 2. The summed E-state index contributed by atoms with van der Waals surface area (Å²) in [5, 5.41) is 3.48. The predicted octanol–water partition coefficient (Wildman–Crippen LogP) is 1.03. The van der Waals surface area contributed by atoms with Crippen molar-refractivity contribution < 1.29 is 4.79 Å². The number of carbonyl (C=O) groups excluding carboxylic acids is 1. The quantitative estimate of drug-likeness (QED) is 0.627. The summed E-state index contributed by atoms with van der Waals surface area (Å²) in [4.78, 5) is 10.5. The molecule has 2 atom stereocenters. The fourth-order valence-corrected chi connectivity index (χ4v) is 2.00. The van der Waals surface area contributed by atoms with Crippen LogP contribution in [0.5, 0.6) is 0 Å². The molecule has 0 radical (unpaired) electrons. The fraction of sp³-hybridized carbons (Fsp3) is 0.900. The third kappa shape index (κ3) is 3.77. The van der Waals surface area contributed by atoms with Gasteiger partial charge in [0.05, 0.1) is 0 Å². The van der Waals surface area contributed by atoms with Crippen molar-refractivity contribution in [1.82, 2.24) is 5.32 Å². The largest absolute Gasteiger partial charge is 0.370 e. The Morgan fingerprint density at radius 2 is 2.31 bits per heavy atom. The Bertz CT molecular complexity index is 170. The number of amides is 1. The number of hydrogen-bond donors (Lipinski definition) is 2. The van der Waals surface area contributed by atoms with Crippen molar-refractivity contribution in [3.63, 3.8) is 0 Å². The van der Waals surface area contributed by atoms with Gasteiger partial charge in [0.15, 0.2) is 0 Å². The van der Waals surface area contributed by atoms with E-state index in [4.69, 9.17) is 5.73 Å². The highest BCUT2D eigenvalue weighted by Gasteiger charge is 2.21. The second-order valence-electron chi connectivity index (χ2n) is 4.04. The Morgan fingerprint density at radius 3 is 2.85 bits per heavy atom. The molecule has 1 aliphatic rings. The Labute approximate surface area is 80.1 Å². The molecule has 0 aromatic rings. The zero-order valence-electron chi connectivity index (χ0n) is 8.38. The molecule has 1 rings (SSSR count). The van der Waals surface area contributed by atoms with Crippen LogP contribution in [0.15, 0.2) is 0 Å². The molecule has 0 aromatic carbocycles. The standard InChI is InChI=1S/C10H20N2O/c1-8-4-2-5-9(8)12-7-3-6-10(11)13/h8-9,12H,2-7H2,1H3,(H2,11,13). The van der Waals surface area contributed by atoms with E-state index in [1.165, 1.54) is 19.3 Å². The van der Waals surface area contributed by atoms with Crippen LogP contribution < -0.4 is 11.1 Å². The molecule has 13 heavy (non-hydrogen) atoms. The van der Waals surface area contributed by atoms with Gasteiger partial charge in [-0.05, 0) is 31.7 Å². The van der Waals surface area contributed by atoms with Crippen LogP contribution in [0.25, 0.3) is 0 Å². The van der Waals surface area contributed by atoms with Crippen LogP contribution in [0.1, 0.15) is 39.0 Å². The molecule has 3 nitrogen and oxygen atoms in total. The summed E-state index contributed by atoms with van der Waals surface area (Å²) in [5.41, 5.74) is 5.05. The SMILES string of the molecule is CC1CCCC1NCCCC(N)=O. The van der Waals surface area contributed by atoms with Gasteiger partial charge in [-0.1, -0.05) is 13.3 Å². The van der Waals surface area contributed by atoms with Crippen molar-refractivity contribution in [2.75, 3.05) is 6.54 Å². The second kappa shape index (κ2) is 5.22. The van der Waals surface area contributed by atoms with E-state index >= 15 is 0 Å². The van der Waals surface area contributed by atoms with E-state index < -0.39 is 0 Å². The predicted molar refractivity (Wildman–Crippen MR) is 53.2 cm³/mol. The van der Waals surface area contributed by atoms with Gasteiger partial charge in [0, 0.05) is 12.5 Å². The fourth-order valence-electron chi connectivity index (χ4n) is 2.00. The van der Waals surface area contributed by atoms with Gasteiger partial charge in [0.25, 0.3) is 0 Å². The second-order valence-corrected chi connectivity index (χ2v) is 4.04. The normalized spacial score (nSPS) is 27.8. The number of nitrogens with one attached hydrogen (secondary N) is 1. The van der Waals surface area contributed by atoms with Gasteiger partial charge in [-0.3, -0.25) is 4.79 Å². The molecule has 0 aromatic heterocycles. The molecule has 0 spiro atoms. The summed E-state index contributed by atoms with van der Waals surface area (Å²) >= 11 is 0. The van der Waals surface area contributed by atoms with E-state index in [0.29, 0.717) is 12.5 Å². The maximum Gasteiger partial charge on any atom is 0.217 e. The molecular weight excluding hydrogens is 164 g/mol. The van der Waals surface area contributed by atoms with Crippen LogP contribution in [-0.2, 0) is 4.79 Å². The van der Waals surface area contributed by atoms with Gasteiger partial charge in [-0.25, -0.2) is 0 Å². The lowest BCUT2D eigenvalue weighted by atomic mass is 10.1. The molecule has 0 heterocycles. The van der Waals surface area contributed by atoms with E-state index in [0.717, 1.165) is 18.9 Å². The Kier molecular flexibility index (Phi) is 4.22. The van der Waals surface area contributed by atoms with Crippen LogP contribution >= 0.6 is 0 Å². The average Bonchev–Trinajstić information content (AvgIpc) is 2.45. The van der Waals surface area contributed by atoms with Crippen molar-refractivity contribution in [3.8, 4) is 0 Å².